The van der Waals surface area contributed by atoms with Gasteiger partial charge in [0, 0.05) is 6.07 Å². The van der Waals surface area contributed by atoms with Crippen LogP contribution in [-0.4, -0.2) is 22.0 Å². The van der Waals surface area contributed by atoms with E-state index in [0.29, 0.717) is 10.2 Å². The lowest BCUT2D eigenvalue weighted by atomic mass is 10.2. The third-order valence-corrected chi connectivity index (χ3v) is 5.84. The highest BCUT2D eigenvalue weighted by atomic mass is 32.1. The van der Waals surface area contributed by atoms with Gasteiger partial charge in [0.25, 0.3) is 5.91 Å². The van der Waals surface area contributed by atoms with Crippen LogP contribution in [0.5, 0.6) is 0 Å². The molecule has 2 aromatic heterocycles. The van der Waals surface area contributed by atoms with Gasteiger partial charge >= 0.3 is 5.00 Å². The van der Waals surface area contributed by atoms with Crippen LogP contribution in [0, 0.1) is 15.9 Å². The number of benzene rings is 2. The van der Waals surface area contributed by atoms with Gasteiger partial charge in [-0.1, -0.05) is 53.0 Å². The first-order valence-corrected chi connectivity index (χ1v) is 9.88. The first-order chi connectivity index (χ1) is 14.0. The van der Waals surface area contributed by atoms with Crippen molar-refractivity contribution in [2.45, 2.75) is 0 Å². The summed E-state index contributed by atoms with van der Waals surface area (Å²) in [6.07, 6.45) is 1.49. The number of nitrogens with zero attached hydrogens (tertiary/aromatic N) is 4. The molecular weight excluding hydrogens is 415 g/mol. The zero-order valence-electron chi connectivity index (χ0n) is 14.6. The minimum Gasteiger partial charge on any atom is -0.266 e. The number of fused-ring (bicyclic) bond motifs is 1. The highest BCUT2D eigenvalue weighted by molar-refractivity contribution is 7.22. The van der Waals surface area contributed by atoms with E-state index in [1.165, 1.54) is 36.5 Å². The number of hydrogen-bond donors (Lipinski definition) is 0. The topological polar surface area (TPSA) is 88.7 Å². The lowest BCUT2D eigenvalue weighted by Crippen LogP contribution is -2.24. The number of thiophene rings is 1. The molecule has 0 aliphatic carbocycles. The Labute approximate surface area is 171 Å². The summed E-state index contributed by atoms with van der Waals surface area (Å²) >= 11 is 1.86. The molecule has 2 aromatic carbocycles. The van der Waals surface area contributed by atoms with Gasteiger partial charge in [0.05, 0.1) is 21.4 Å². The van der Waals surface area contributed by atoms with E-state index in [2.05, 4.69) is 10.1 Å². The van der Waals surface area contributed by atoms with Gasteiger partial charge in [-0.15, -0.1) is 0 Å². The molecule has 0 saturated heterocycles. The lowest BCUT2D eigenvalue weighted by molar-refractivity contribution is -0.380. The van der Waals surface area contributed by atoms with Gasteiger partial charge in [-0.3, -0.25) is 14.9 Å². The fourth-order valence-electron chi connectivity index (χ4n) is 2.47. The molecule has 0 bridgehead atoms. The summed E-state index contributed by atoms with van der Waals surface area (Å²) in [4.78, 5) is 27.9. The Hall–Kier alpha value is -3.50. The van der Waals surface area contributed by atoms with Crippen LogP contribution in [0.15, 0.2) is 65.8 Å². The van der Waals surface area contributed by atoms with Crippen molar-refractivity contribution in [2.24, 2.45) is 5.10 Å². The van der Waals surface area contributed by atoms with Crippen LogP contribution in [-0.2, 0) is 0 Å². The van der Waals surface area contributed by atoms with Crippen LogP contribution in [0.4, 0.5) is 14.5 Å². The molecule has 2 heterocycles. The van der Waals surface area contributed by atoms with Crippen LogP contribution in [0.3, 0.4) is 0 Å². The van der Waals surface area contributed by atoms with Crippen molar-refractivity contribution in [3.63, 3.8) is 0 Å². The Morgan fingerprint density at radius 2 is 1.93 bits per heavy atom. The number of halogens is 1. The summed E-state index contributed by atoms with van der Waals surface area (Å²) in [6.45, 7) is 0. The van der Waals surface area contributed by atoms with E-state index in [1.807, 2.05) is 30.3 Å². The highest BCUT2D eigenvalue weighted by Gasteiger charge is 2.24. The quantitative estimate of drug-likeness (QED) is 0.253. The van der Waals surface area contributed by atoms with Crippen LogP contribution >= 0.6 is 22.7 Å². The largest absolute Gasteiger partial charge is 0.324 e. The number of carbonyl (C=O) groups excluding carboxylic acids is 1. The van der Waals surface area contributed by atoms with Crippen molar-refractivity contribution in [1.29, 1.82) is 0 Å². The van der Waals surface area contributed by atoms with E-state index in [1.54, 1.807) is 0 Å². The maximum Gasteiger partial charge on any atom is 0.324 e. The standard InChI is InChI=1S/C19H11FN4O3S2/c20-13-6-7-14-16(10-13)29-19(22-14)23(21-11-12-4-2-1-3-5-12)18(25)15-8-9-17(28-15)24(26)27/h1-11H/b21-11+. The molecular formula is C19H11FN4O3S2. The second-order valence-electron chi connectivity index (χ2n) is 5.78. The summed E-state index contributed by atoms with van der Waals surface area (Å²) in [7, 11) is 0. The fourth-order valence-corrected chi connectivity index (χ4v) is 4.17. The Balaban J connectivity index is 1.75. The summed E-state index contributed by atoms with van der Waals surface area (Å²) in [5, 5.41) is 16.4. The number of thiazole rings is 1. The van der Waals surface area contributed by atoms with Crippen molar-refractivity contribution >= 4 is 55.1 Å². The van der Waals surface area contributed by atoms with E-state index < -0.39 is 16.6 Å². The first-order valence-electron chi connectivity index (χ1n) is 8.25. The van der Waals surface area contributed by atoms with E-state index in [-0.39, 0.29) is 15.0 Å². The van der Waals surface area contributed by atoms with E-state index in [0.717, 1.165) is 33.2 Å². The van der Waals surface area contributed by atoms with Gasteiger partial charge in [-0.2, -0.15) is 10.1 Å². The number of aromatic nitrogens is 1. The molecule has 7 nitrogen and oxygen atoms in total. The molecule has 4 aromatic rings. The Bertz CT molecular complexity index is 1240. The van der Waals surface area contributed by atoms with Crippen molar-refractivity contribution in [3.05, 3.63) is 87.0 Å². The summed E-state index contributed by atoms with van der Waals surface area (Å²) in [5.41, 5.74) is 1.28. The molecule has 0 atom stereocenters. The Kier molecular flexibility index (Phi) is 5.10. The third-order valence-electron chi connectivity index (χ3n) is 3.82. The maximum absolute atomic E-state index is 13.5. The molecule has 0 aliphatic heterocycles. The molecule has 4 rings (SSSR count). The molecule has 0 fully saturated rings. The number of nitro groups is 1. The predicted octanol–water partition coefficient (Wildman–Crippen LogP) is 5.09. The maximum atomic E-state index is 13.5. The van der Waals surface area contributed by atoms with Gasteiger partial charge in [0.15, 0.2) is 0 Å². The summed E-state index contributed by atoms with van der Waals surface area (Å²) in [5.74, 6) is -0.970. The van der Waals surface area contributed by atoms with Gasteiger partial charge in [0.2, 0.25) is 5.13 Å². The molecule has 0 aliphatic rings. The van der Waals surface area contributed by atoms with E-state index in [4.69, 9.17) is 0 Å². The Morgan fingerprint density at radius 3 is 2.66 bits per heavy atom. The van der Waals surface area contributed by atoms with Crippen molar-refractivity contribution in [2.75, 3.05) is 5.01 Å². The molecule has 10 heteroatoms. The predicted molar refractivity (Wildman–Crippen MR) is 111 cm³/mol. The molecule has 0 saturated carbocycles. The first kappa shape index (κ1) is 18.8. The van der Waals surface area contributed by atoms with Crippen LogP contribution in [0.2, 0.25) is 0 Å². The zero-order chi connectivity index (χ0) is 20.4. The number of rotatable bonds is 5. The molecule has 0 spiro atoms. The van der Waals surface area contributed by atoms with Crippen molar-refractivity contribution in [3.8, 4) is 0 Å². The molecule has 144 valence electrons. The minimum atomic E-state index is -0.560. The highest BCUT2D eigenvalue weighted by Crippen LogP contribution is 2.32. The summed E-state index contributed by atoms with van der Waals surface area (Å²) in [6, 6.07) is 15.9. The summed E-state index contributed by atoms with van der Waals surface area (Å²) < 4.78 is 14.1. The molecule has 0 radical (unpaired) electrons. The zero-order valence-corrected chi connectivity index (χ0v) is 16.2. The van der Waals surface area contributed by atoms with E-state index in [9.17, 15) is 19.3 Å². The van der Waals surface area contributed by atoms with Gasteiger partial charge in [-0.05, 0) is 29.8 Å². The average Bonchev–Trinajstić information content (AvgIpc) is 3.36. The third kappa shape index (κ3) is 4.03. The van der Waals surface area contributed by atoms with Crippen LogP contribution in [0.25, 0.3) is 10.2 Å². The van der Waals surface area contributed by atoms with Crippen LogP contribution < -0.4 is 5.01 Å². The van der Waals surface area contributed by atoms with Crippen LogP contribution in [0.1, 0.15) is 15.2 Å². The number of carbonyl (C=O) groups is 1. The van der Waals surface area contributed by atoms with Crippen molar-refractivity contribution in [1.82, 2.24) is 4.98 Å². The smallest absolute Gasteiger partial charge is 0.266 e. The SMILES string of the molecule is O=C(c1ccc([N+](=O)[O-])s1)N(/N=C/c1ccccc1)c1nc2ccc(F)cc2s1. The van der Waals surface area contributed by atoms with Gasteiger partial charge in [-0.25, -0.2) is 9.37 Å². The second kappa shape index (κ2) is 7.86. The second-order valence-corrected chi connectivity index (χ2v) is 7.85. The lowest BCUT2D eigenvalue weighted by Gasteiger charge is -2.12. The molecule has 0 N–H and O–H groups in total. The number of amides is 1. The number of hydrogen-bond acceptors (Lipinski definition) is 7. The molecule has 1 amide bonds. The monoisotopic (exact) mass is 426 g/mol. The van der Waals surface area contributed by atoms with Gasteiger partial charge < -0.3 is 0 Å². The minimum absolute atomic E-state index is 0.146. The average molecular weight is 426 g/mol. The molecule has 0 unspecified atom stereocenters. The van der Waals surface area contributed by atoms with Crippen molar-refractivity contribution < 1.29 is 14.1 Å². The van der Waals surface area contributed by atoms with E-state index >= 15 is 0 Å². The van der Waals surface area contributed by atoms with Gasteiger partial charge in [0.1, 0.15) is 10.7 Å². The number of anilines is 1. The normalized spacial score (nSPS) is 11.2. The number of hydrazone groups is 1. The molecule has 29 heavy (non-hydrogen) atoms. The Morgan fingerprint density at radius 1 is 1.14 bits per heavy atom. The fraction of sp³-hybridized carbons (Fsp3) is 0.